The number of nitrogens with zero attached hydrogens (tertiary/aromatic N) is 1. The van der Waals surface area contributed by atoms with Gasteiger partial charge in [0.2, 0.25) is 0 Å². The maximum atomic E-state index is 12.4. The number of benzene rings is 1. The van der Waals surface area contributed by atoms with Gasteiger partial charge in [-0.3, -0.25) is 9.59 Å². The molecule has 144 valence electrons. The van der Waals surface area contributed by atoms with Crippen molar-refractivity contribution >= 4 is 11.8 Å². The van der Waals surface area contributed by atoms with E-state index >= 15 is 0 Å². The number of piperidine rings is 1. The normalized spacial score (nSPS) is 17.0. The van der Waals surface area contributed by atoms with Gasteiger partial charge in [0, 0.05) is 30.6 Å². The van der Waals surface area contributed by atoms with Crippen molar-refractivity contribution < 1.29 is 18.7 Å². The molecule has 1 fully saturated rings. The second-order valence-electron chi connectivity index (χ2n) is 7.20. The molecule has 0 bridgehead atoms. The third-order valence-electron chi connectivity index (χ3n) is 4.56. The standard InChI is InChI=1S/C21H26N2O4/c1-15(2)22-20(24)17-7-9-18(10-8-17)27-14-16-5-3-11-23(13-16)21(25)19-6-4-12-26-19/h4,6-10,12,15-16H,3,5,11,13-14H2,1-2H3,(H,22,24)/t16-/m1/s1. The number of rotatable bonds is 6. The van der Waals surface area contributed by atoms with Crippen LogP contribution in [0, 0.1) is 5.92 Å². The first-order valence-corrected chi connectivity index (χ1v) is 9.39. The minimum Gasteiger partial charge on any atom is -0.493 e. The minimum atomic E-state index is -0.0871. The summed E-state index contributed by atoms with van der Waals surface area (Å²) < 4.78 is 11.1. The highest BCUT2D eigenvalue weighted by Gasteiger charge is 2.26. The van der Waals surface area contributed by atoms with Gasteiger partial charge in [-0.15, -0.1) is 0 Å². The molecular formula is C21H26N2O4. The molecule has 1 aliphatic rings. The number of carbonyl (C=O) groups excluding carboxylic acids is 2. The highest BCUT2D eigenvalue weighted by molar-refractivity contribution is 5.94. The summed E-state index contributed by atoms with van der Waals surface area (Å²) in [6.45, 7) is 5.81. The van der Waals surface area contributed by atoms with Crippen molar-refractivity contribution in [3.05, 3.63) is 54.0 Å². The molecule has 6 nitrogen and oxygen atoms in total. The lowest BCUT2D eigenvalue weighted by Gasteiger charge is -2.32. The molecule has 6 heteroatoms. The fourth-order valence-corrected chi connectivity index (χ4v) is 3.20. The third kappa shape index (κ3) is 5.12. The van der Waals surface area contributed by atoms with Crippen molar-refractivity contribution in [3.63, 3.8) is 0 Å². The maximum Gasteiger partial charge on any atom is 0.289 e. The van der Waals surface area contributed by atoms with Gasteiger partial charge < -0.3 is 19.4 Å². The first kappa shape index (κ1) is 19.0. The van der Waals surface area contributed by atoms with E-state index in [9.17, 15) is 9.59 Å². The van der Waals surface area contributed by atoms with Crippen LogP contribution in [0.1, 0.15) is 47.6 Å². The zero-order chi connectivity index (χ0) is 19.2. The summed E-state index contributed by atoms with van der Waals surface area (Å²) in [5.74, 6) is 1.24. The molecule has 1 atom stereocenters. The molecule has 0 unspecified atom stereocenters. The first-order valence-electron chi connectivity index (χ1n) is 9.39. The lowest BCUT2D eigenvalue weighted by atomic mass is 9.98. The van der Waals surface area contributed by atoms with Gasteiger partial charge >= 0.3 is 0 Å². The molecule has 0 aliphatic carbocycles. The molecule has 1 aromatic carbocycles. The number of hydrogen-bond donors (Lipinski definition) is 1. The van der Waals surface area contributed by atoms with Crippen LogP contribution in [0.2, 0.25) is 0 Å². The van der Waals surface area contributed by atoms with Gasteiger partial charge in [-0.05, 0) is 63.1 Å². The molecule has 0 saturated carbocycles. The third-order valence-corrected chi connectivity index (χ3v) is 4.56. The van der Waals surface area contributed by atoms with Crippen LogP contribution in [0.4, 0.5) is 0 Å². The zero-order valence-corrected chi connectivity index (χ0v) is 15.8. The number of ether oxygens (including phenoxy) is 1. The summed E-state index contributed by atoms with van der Waals surface area (Å²) in [6.07, 6.45) is 3.49. The Morgan fingerprint density at radius 1 is 1.26 bits per heavy atom. The quantitative estimate of drug-likeness (QED) is 0.846. The van der Waals surface area contributed by atoms with Gasteiger partial charge in [0.15, 0.2) is 5.76 Å². The summed E-state index contributed by atoms with van der Waals surface area (Å²) >= 11 is 0. The van der Waals surface area contributed by atoms with Crippen molar-refractivity contribution in [2.45, 2.75) is 32.7 Å². The van der Waals surface area contributed by atoms with Crippen molar-refractivity contribution in [1.82, 2.24) is 10.2 Å². The second kappa shape index (κ2) is 8.75. The van der Waals surface area contributed by atoms with E-state index in [0.717, 1.165) is 25.1 Å². The minimum absolute atomic E-state index is 0.0646. The smallest absolute Gasteiger partial charge is 0.289 e. The average molecular weight is 370 g/mol. The zero-order valence-electron chi connectivity index (χ0n) is 15.8. The Morgan fingerprint density at radius 2 is 2.04 bits per heavy atom. The van der Waals surface area contributed by atoms with Crippen LogP contribution in [-0.4, -0.2) is 42.5 Å². The van der Waals surface area contributed by atoms with E-state index in [2.05, 4.69) is 5.32 Å². The molecule has 2 aromatic rings. The molecule has 2 heterocycles. The Labute approximate surface area is 159 Å². The molecule has 1 aliphatic heterocycles. The van der Waals surface area contributed by atoms with E-state index in [1.165, 1.54) is 6.26 Å². The van der Waals surface area contributed by atoms with E-state index in [1.807, 2.05) is 30.9 Å². The van der Waals surface area contributed by atoms with E-state index in [0.29, 0.717) is 24.5 Å². The molecule has 1 N–H and O–H groups in total. The van der Waals surface area contributed by atoms with Crippen LogP contribution in [0.25, 0.3) is 0 Å². The number of carbonyl (C=O) groups is 2. The monoisotopic (exact) mass is 370 g/mol. The Balaban J connectivity index is 1.51. The summed E-state index contributed by atoms with van der Waals surface area (Å²) in [4.78, 5) is 26.2. The van der Waals surface area contributed by atoms with E-state index in [4.69, 9.17) is 9.15 Å². The van der Waals surface area contributed by atoms with Gasteiger partial charge in [-0.2, -0.15) is 0 Å². The highest BCUT2D eigenvalue weighted by Crippen LogP contribution is 2.21. The molecule has 2 amide bonds. The van der Waals surface area contributed by atoms with E-state index in [1.54, 1.807) is 24.3 Å². The van der Waals surface area contributed by atoms with Crippen LogP contribution >= 0.6 is 0 Å². The summed E-state index contributed by atoms with van der Waals surface area (Å²) in [5, 5.41) is 2.86. The largest absolute Gasteiger partial charge is 0.493 e. The lowest BCUT2D eigenvalue weighted by Crippen LogP contribution is -2.41. The Bertz CT molecular complexity index is 753. The number of furan rings is 1. The van der Waals surface area contributed by atoms with E-state index in [-0.39, 0.29) is 23.8 Å². The molecule has 0 radical (unpaired) electrons. The number of amides is 2. The number of likely N-dealkylation sites (tertiary alicyclic amines) is 1. The SMILES string of the molecule is CC(C)NC(=O)c1ccc(OC[C@@H]2CCCN(C(=O)c3ccco3)C2)cc1. The Morgan fingerprint density at radius 3 is 2.70 bits per heavy atom. The van der Waals surface area contributed by atoms with Gasteiger partial charge in [-0.25, -0.2) is 0 Å². The van der Waals surface area contributed by atoms with Crippen molar-refractivity contribution in [3.8, 4) is 5.75 Å². The maximum absolute atomic E-state index is 12.4. The van der Waals surface area contributed by atoms with Crippen LogP contribution in [-0.2, 0) is 0 Å². The summed E-state index contributed by atoms with van der Waals surface area (Å²) in [5.41, 5.74) is 0.615. The highest BCUT2D eigenvalue weighted by atomic mass is 16.5. The molecular weight excluding hydrogens is 344 g/mol. The Hall–Kier alpha value is -2.76. The van der Waals surface area contributed by atoms with Crippen molar-refractivity contribution in [2.75, 3.05) is 19.7 Å². The van der Waals surface area contributed by atoms with Crippen molar-refractivity contribution in [1.29, 1.82) is 0 Å². The fourth-order valence-electron chi connectivity index (χ4n) is 3.20. The first-order chi connectivity index (χ1) is 13.0. The van der Waals surface area contributed by atoms with Gasteiger partial charge in [0.1, 0.15) is 5.75 Å². The molecule has 3 rings (SSSR count). The summed E-state index contributed by atoms with van der Waals surface area (Å²) in [7, 11) is 0. The predicted molar refractivity (Wildman–Crippen MR) is 102 cm³/mol. The summed E-state index contributed by atoms with van der Waals surface area (Å²) in [6, 6.07) is 10.7. The fraction of sp³-hybridized carbons (Fsp3) is 0.429. The average Bonchev–Trinajstić information content (AvgIpc) is 3.20. The topological polar surface area (TPSA) is 71.8 Å². The van der Waals surface area contributed by atoms with E-state index < -0.39 is 0 Å². The molecule has 0 spiro atoms. The number of nitrogens with one attached hydrogen (secondary N) is 1. The van der Waals surface area contributed by atoms with Crippen molar-refractivity contribution in [2.24, 2.45) is 5.92 Å². The predicted octanol–water partition coefficient (Wildman–Crippen LogP) is 3.35. The second-order valence-corrected chi connectivity index (χ2v) is 7.20. The van der Waals surface area contributed by atoms with Gasteiger partial charge in [0.25, 0.3) is 11.8 Å². The molecule has 1 saturated heterocycles. The lowest BCUT2D eigenvalue weighted by molar-refractivity contribution is 0.0602. The van der Waals surface area contributed by atoms with Gasteiger partial charge in [-0.1, -0.05) is 0 Å². The van der Waals surface area contributed by atoms with Crippen LogP contribution < -0.4 is 10.1 Å². The number of hydrogen-bond acceptors (Lipinski definition) is 4. The molecule has 27 heavy (non-hydrogen) atoms. The van der Waals surface area contributed by atoms with Crippen LogP contribution in [0.3, 0.4) is 0 Å². The van der Waals surface area contributed by atoms with Crippen LogP contribution in [0.15, 0.2) is 47.1 Å². The van der Waals surface area contributed by atoms with Crippen LogP contribution in [0.5, 0.6) is 5.75 Å². The molecule has 1 aromatic heterocycles. The Kier molecular flexibility index (Phi) is 6.16. The van der Waals surface area contributed by atoms with Gasteiger partial charge in [0.05, 0.1) is 12.9 Å².